The molecule has 0 amide bonds. The molecule has 0 spiro atoms. The summed E-state index contributed by atoms with van der Waals surface area (Å²) in [5.41, 5.74) is 0.277. The van der Waals surface area contributed by atoms with Gasteiger partial charge in [-0.15, -0.1) is 0 Å². The molecule has 1 saturated carbocycles. The first-order valence-corrected chi connectivity index (χ1v) is 16.1. The molecule has 2 fully saturated rings. The van der Waals surface area contributed by atoms with Crippen LogP contribution in [0.15, 0.2) is 34.1 Å². The van der Waals surface area contributed by atoms with Gasteiger partial charge in [-0.25, -0.2) is 8.42 Å². The highest BCUT2D eigenvalue weighted by molar-refractivity contribution is 7.89. The fourth-order valence-corrected chi connectivity index (χ4v) is 7.42. The maximum Gasteiger partial charge on any atom is 0.253 e. The van der Waals surface area contributed by atoms with Crippen molar-refractivity contribution in [2.75, 3.05) is 62.3 Å². The summed E-state index contributed by atoms with van der Waals surface area (Å²) in [7, 11) is -3.30. The molecule has 2 heterocycles. The van der Waals surface area contributed by atoms with Gasteiger partial charge in [0.25, 0.3) is 10.9 Å². The SMILES string of the molecule is O=c1c(NCCCCCCS(=O)(=O)N(CCCN2CCOCC2)C2CCCCC2)c(Nc2ccncc2)c1=O. The lowest BCUT2D eigenvalue weighted by Gasteiger charge is -2.34. The average Bonchev–Trinajstić information content (AvgIpc) is 2.97. The van der Waals surface area contributed by atoms with Crippen LogP contribution < -0.4 is 21.5 Å². The Hall–Kier alpha value is -2.34. The topological polar surface area (TPSA) is 121 Å². The lowest BCUT2D eigenvalue weighted by Crippen LogP contribution is -2.44. The average molecular weight is 562 g/mol. The first-order valence-electron chi connectivity index (χ1n) is 14.5. The number of morpholine rings is 1. The second-order valence-corrected chi connectivity index (χ2v) is 12.7. The number of anilines is 3. The molecule has 1 aromatic heterocycles. The van der Waals surface area contributed by atoms with Crippen molar-refractivity contribution in [1.82, 2.24) is 14.2 Å². The van der Waals surface area contributed by atoms with Crippen molar-refractivity contribution in [2.24, 2.45) is 0 Å². The summed E-state index contributed by atoms with van der Waals surface area (Å²) in [4.78, 5) is 30.3. The molecular formula is C28H43N5O5S. The summed E-state index contributed by atoms with van der Waals surface area (Å²) < 4.78 is 34.0. The summed E-state index contributed by atoms with van der Waals surface area (Å²) >= 11 is 0. The first-order chi connectivity index (χ1) is 19.0. The number of nitrogens with one attached hydrogen (secondary N) is 2. The molecule has 0 unspecified atom stereocenters. The van der Waals surface area contributed by atoms with Crippen molar-refractivity contribution >= 4 is 27.1 Å². The van der Waals surface area contributed by atoms with Crippen molar-refractivity contribution in [1.29, 1.82) is 0 Å². The number of hydrogen-bond donors (Lipinski definition) is 2. The molecule has 0 radical (unpaired) electrons. The van der Waals surface area contributed by atoms with Crippen LogP contribution in [0.3, 0.4) is 0 Å². The van der Waals surface area contributed by atoms with Crippen molar-refractivity contribution < 1.29 is 13.2 Å². The molecule has 1 saturated heterocycles. The minimum absolute atomic E-state index is 0.142. The lowest BCUT2D eigenvalue weighted by atomic mass is 9.95. The number of ether oxygens (including phenoxy) is 1. The molecule has 10 nitrogen and oxygen atoms in total. The zero-order valence-electron chi connectivity index (χ0n) is 22.9. The van der Waals surface area contributed by atoms with Crippen LogP contribution in [0.4, 0.5) is 17.1 Å². The Balaban J connectivity index is 1.18. The number of hydrogen-bond acceptors (Lipinski definition) is 9. The van der Waals surface area contributed by atoms with Crippen LogP contribution >= 0.6 is 0 Å². The van der Waals surface area contributed by atoms with Crippen LogP contribution in [0.1, 0.15) is 64.2 Å². The van der Waals surface area contributed by atoms with Crippen LogP contribution in [-0.2, 0) is 14.8 Å². The van der Waals surface area contributed by atoms with Gasteiger partial charge in [0.1, 0.15) is 11.4 Å². The molecular weight excluding hydrogens is 518 g/mol. The van der Waals surface area contributed by atoms with Crippen molar-refractivity contribution in [3.05, 3.63) is 45.0 Å². The van der Waals surface area contributed by atoms with Gasteiger partial charge in [-0.1, -0.05) is 32.1 Å². The van der Waals surface area contributed by atoms with Gasteiger partial charge in [0, 0.05) is 50.3 Å². The maximum absolute atomic E-state index is 13.4. The van der Waals surface area contributed by atoms with Crippen LogP contribution in [0.5, 0.6) is 0 Å². The Morgan fingerprint density at radius 1 is 0.923 bits per heavy atom. The third kappa shape index (κ3) is 8.57. The minimum atomic E-state index is -3.30. The molecule has 39 heavy (non-hydrogen) atoms. The van der Waals surface area contributed by atoms with Gasteiger partial charge in [0.05, 0.1) is 19.0 Å². The third-order valence-corrected chi connectivity index (χ3v) is 9.79. The Morgan fingerprint density at radius 3 is 2.36 bits per heavy atom. The van der Waals surface area contributed by atoms with Gasteiger partial charge in [-0.2, -0.15) is 4.31 Å². The predicted octanol–water partition coefficient (Wildman–Crippen LogP) is 3.08. The number of nitrogens with zero attached hydrogens (tertiary/aromatic N) is 3. The number of pyridine rings is 1. The van der Waals surface area contributed by atoms with Crippen LogP contribution in [0.25, 0.3) is 0 Å². The molecule has 1 aromatic carbocycles. The van der Waals surface area contributed by atoms with E-state index >= 15 is 0 Å². The number of rotatable bonds is 16. The molecule has 1 aliphatic heterocycles. The molecule has 1 aliphatic carbocycles. The standard InChI is InChI=1S/C28H43N5O5S/c34-27-25(26(28(27)35)31-23-11-14-29-15-12-23)30-13-6-1-2-7-22-39(36,37)33(24-9-4-3-5-10-24)17-8-16-32-18-20-38-21-19-32/h11-12,14-15,24,30H,1-10,13,16-22H2,(H,29,31). The summed E-state index contributed by atoms with van der Waals surface area (Å²) in [6.45, 7) is 5.44. The van der Waals surface area contributed by atoms with Crippen molar-refractivity contribution in [3.63, 3.8) is 0 Å². The van der Waals surface area contributed by atoms with Gasteiger partial charge in [-0.05, 0) is 50.8 Å². The van der Waals surface area contributed by atoms with E-state index < -0.39 is 20.9 Å². The monoisotopic (exact) mass is 561 g/mol. The highest BCUT2D eigenvalue weighted by Gasteiger charge is 2.30. The third-order valence-electron chi connectivity index (χ3n) is 7.79. The van der Waals surface area contributed by atoms with E-state index in [1.54, 1.807) is 24.5 Å². The summed E-state index contributed by atoms with van der Waals surface area (Å²) in [5, 5.41) is 6.07. The van der Waals surface area contributed by atoms with Crippen molar-refractivity contribution in [2.45, 2.75) is 70.3 Å². The molecule has 0 bridgehead atoms. The summed E-state index contributed by atoms with van der Waals surface area (Å²) in [6.07, 6.45) is 12.5. The lowest BCUT2D eigenvalue weighted by molar-refractivity contribution is 0.0365. The number of unbranched alkanes of at least 4 members (excludes halogenated alkanes) is 3. The summed E-state index contributed by atoms with van der Waals surface area (Å²) in [5.74, 6) is 0.187. The Morgan fingerprint density at radius 2 is 1.62 bits per heavy atom. The molecule has 216 valence electrons. The van der Waals surface area contributed by atoms with E-state index in [1.807, 2.05) is 4.31 Å². The van der Waals surface area contributed by atoms with E-state index in [4.69, 9.17) is 4.74 Å². The molecule has 2 aliphatic rings. The van der Waals surface area contributed by atoms with Gasteiger partial charge in [0.2, 0.25) is 10.0 Å². The van der Waals surface area contributed by atoms with Gasteiger partial charge in [-0.3, -0.25) is 19.5 Å². The fourth-order valence-electron chi connectivity index (χ4n) is 5.55. The molecule has 2 aromatic rings. The van der Waals surface area contributed by atoms with E-state index in [-0.39, 0.29) is 17.5 Å². The van der Waals surface area contributed by atoms with Crippen LogP contribution in [0, 0.1) is 0 Å². The van der Waals surface area contributed by atoms with Crippen LogP contribution in [-0.4, -0.2) is 80.3 Å². The first kappa shape index (κ1) is 29.6. The number of sulfonamides is 1. The van der Waals surface area contributed by atoms with Gasteiger partial charge in [0.15, 0.2) is 0 Å². The fraction of sp³-hybridized carbons (Fsp3) is 0.679. The van der Waals surface area contributed by atoms with Gasteiger partial charge < -0.3 is 15.4 Å². The Kier molecular flexibility index (Phi) is 11.3. The minimum Gasteiger partial charge on any atom is -0.380 e. The van der Waals surface area contributed by atoms with Gasteiger partial charge >= 0.3 is 0 Å². The van der Waals surface area contributed by atoms with E-state index in [0.29, 0.717) is 30.9 Å². The quantitative estimate of drug-likeness (QED) is 0.235. The van der Waals surface area contributed by atoms with E-state index in [0.717, 1.165) is 84.2 Å². The van der Waals surface area contributed by atoms with E-state index in [2.05, 4.69) is 20.5 Å². The Labute approximate surface area is 231 Å². The van der Waals surface area contributed by atoms with E-state index in [9.17, 15) is 18.0 Å². The summed E-state index contributed by atoms with van der Waals surface area (Å²) in [6, 6.07) is 3.60. The highest BCUT2D eigenvalue weighted by Crippen LogP contribution is 2.26. The largest absolute Gasteiger partial charge is 0.380 e. The number of aromatic nitrogens is 1. The zero-order chi connectivity index (χ0) is 27.5. The molecule has 11 heteroatoms. The second kappa shape index (κ2) is 14.9. The van der Waals surface area contributed by atoms with E-state index in [1.165, 1.54) is 6.42 Å². The molecule has 4 rings (SSSR count). The van der Waals surface area contributed by atoms with Crippen molar-refractivity contribution in [3.8, 4) is 0 Å². The maximum atomic E-state index is 13.4. The second-order valence-electron chi connectivity index (χ2n) is 10.6. The molecule has 0 atom stereocenters. The predicted molar refractivity (Wildman–Crippen MR) is 155 cm³/mol. The zero-order valence-corrected chi connectivity index (χ0v) is 23.7. The normalized spacial score (nSPS) is 17.6. The Bertz CT molecular complexity index is 1190. The highest BCUT2D eigenvalue weighted by atomic mass is 32.2. The molecule has 2 N–H and O–H groups in total. The van der Waals surface area contributed by atoms with Crippen LogP contribution in [0.2, 0.25) is 0 Å². The smallest absolute Gasteiger partial charge is 0.253 e.